The molecule has 10 N–H and O–H groups in total. The topological polar surface area (TPSA) is 237 Å². The van der Waals surface area contributed by atoms with Gasteiger partial charge >= 0.3 is 5.97 Å². The number of benzene rings is 1. The van der Waals surface area contributed by atoms with Crippen LogP contribution in [0.2, 0.25) is 0 Å². The molecule has 13 nitrogen and oxygen atoms in total. The Morgan fingerprint density at radius 3 is 1.78 bits per heavy atom. The predicted octanol–water partition coefficient (Wildman–Crippen LogP) is -3.52. The maximum atomic E-state index is 12.8. The van der Waals surface area contributed by atoms with E-state index in [1.165, 1.54) is 0 Å². The molecular weight excluding hydrogens is 424 g/mol. The number of hydrogen-bond acceptors (Lipinski definition) is 7. The van der Waals surface area contributed by atoms with Crippen molar-refractivity contribution in [3.8, 4) is 0 Å². The fraction of sp³-hybridized carbons (Fsp3) is 0.368. The molecule has 0 aliphatic carbocycles. The summed E-state index contributed by atoms with van der Waals surface area (Å²) in [5.74, 6) is -5.90. The summed E-state index contributed by atoms with van der Waals surface area (Å²) in [6.07, 6.45) is -1.28. The molecule has 0 radical (unpaired) electrons. The molecule has 1 rings (SSSR count). The Hall–Kier alpha value is -4.00. The van der Waals surface area contributed by atoms with Gasteiger partial charge in [-0.15, -0.1) is 0 Å². The molecule has 0 saturated carbocycles. The highest BCUT2D eigenvalue weighted by molar-refractivity contribution is 5.96. The molecule has 3 unspecified atom stereocenters. The zero-order chi connectivity index (χ0) is 24.3. The third kappa shape index (κ3) is 9.21. The molecule has 0 bridgehead atoms. The number of carboxylic acid groups (broad SMARTS) is 1. The lowest BCUT2D eigenvalue weighted by atomic mass is 10.0. The Kier molecular flexibility index (Phi) is 10.3. The molecule has 5 amide bonds. The SMILES string of the molecule is NCC(=O)NC(CC(N)=O)C(=O)NC(Cc1ccccc1)C(=O)NC(CC(N)=O)C(=O)O. The summed E-state index contributed by atoms with van der Waals surface area (Å²) in [6.45, 7) is -0.454. The van der Waals surface area contributed by atoms with Crippen LogP contribution in [0, 0.1) is 0 Å². The summed E-state index contributed by atoms with van der Waals surface area (Å²) in [7, 11) is 0. The number of hydrogen-bond donors (Lipinski definition) is 7. The van der Waals surface area contributed by atoms with Crippen LogP contribution in [-0.2, 0) is 35.2 Å². The van der Waals surface area contributed by atoms with Crippen molar-refractivity contribution in [2.45, 2.75) is 37.4 Å². The second-order valence-electron chi connectivity index (χ2n) is 6.82. The van der Waals surface area contributed by atoms with E-state index < -0.39 is 73.0 Å². The van der Waals surface area contributed by atoms with Gasteiger partial charge in [0.05, 0.1) is 19.4 Å². The van der Waals surface area contributed by atoms with Gasteiger partial charge in [0.15, 0.2) is 0 Å². The zero-order valence-corrected chi connectivity index (χ0v) is 17.1. The standard InChI is InChI=1S/C19H26N6O7/c20-9-16(28)23-12(7-14(21)26)18(30)24-11(6-10-4-2-1-3-5-10)17(29)25-13(19(31)32)8-15(22)27/h1-5,11-13H,6-9,20H2,(H2,21,26)(H2,22,27)(H,23,28)(H,24,30)(H,25,29)(H,31,32). The summed E-state index contributed by atoms with van der Waals surface area (Å²) in [4.78, 5) is 70.8. The fourth-order valence-corrected chi connectivity index (χ4v) is 2.67. The van der Waals surface area contributed by atoms with Gasteiger partial charge < -0.3 is 38.3 Å². The summed E-state index contributed by atoms with van der Waals surface area (Å²) >= 11 is 0. The molecule has 174 valence electrons. The second kappa shape index (κ2) is 12.6. The maximum absolute atomic E-state index is 12.8. The van der Waals surface area contributed by atoms with Crippen LogP contribution < -0.4 is 33.2 Å². The van der Waals surface area contributed by atoms with Crippen molar-refractivity contribution in [3.05, 3.63) is 35.9 Å². The highest BCUT2D eigenvalue weighted by Gasteiger charge is 2.30. The van der Waals surface area contributed by atoms with Crippen molar-refractivity contribution >= 4 is 35.5 Å². The summed E-state index contributed by atoms with van der Waals surface area (Å²) in [5, 5.41) is 16.0. The average Bonchev–Trinajstić information content (AvgIpc) is 2.72. The lowest BCUT2D eigenvalue weighted by molar-refractivity contribution is -0.143. The largest absolute Gasteiger partial charge is 0.480 e. The van der Waals surface area contributed by atoms with Crippen LogP contribution in [-0.4, -0.2) is 65.3 Å². The number of rotatable bonds is 13. The predicted molar refractivity (Wildman–Crippen MR) is 110 cm³/mol. The highest BCUT2D eigenvalue weighted by Crippen LogP contribution is 2.06. The Labute approximate surface area is 183 Å². The normalized spacial score (nSPS) is 13.2. The van der Waals surface area contributed by atoms with Gasteiger partial charge in [0, 0.05) is 6.42 Å². The van der Waals surface area contributed by atoms with Crippen molar-refractivity contribution in [1.29, 1.82) is 0 Å². The summed E-state index contributed by atoms with van der Waals surface area (Å²) in [6, 6.07) is 4.11. The number of carboxylic acids is 1. The summed E-state index contributed by atoms with van der Waals surface area (Å²) in [5.41, 5.74) is 16.0. The number of primary amides is 2. The van der Waals surface area contributed by atoms with Crippen LogP contribution in [0.4, 0.5) is 0 Å². The highest BCUT2D eigenvalue weighted by atomic mass is 16.4. The van der Waals surface area contributed by atoms with Gasteiger partial charge in [-0.1, -0.05) is 30.3 Å². The quantitative estimate of drug-likeness (QED) is 0.158. The van der Waals surface area contributed by atoms with Crippen molar-refractivity contribution < 1.29 is 33.9 Å². The van der Waals surface area contributed by atoms with Gasteiger partial charge in [-0.3, -0.25) is 24.0 Å². The van der Waals surface area contributed by atoms with Gasteiger partial charge in [-0.25, -0.2) is 4.79 Å². The van der Waals surface area contributed by atoms with E-state index in [0.29, 0.717) is 5.56 Å². The third-order valence-corrected chi connectivity index (χ3v) is 4.18. The Balaban J connectivity index is 3.10. The van der Waals surface area contributed by atoms with E-state index in [9.17, 15) is 33.9 Å². The molecule has 1 aromatic carbocycles. The molecule has 0 aliphatic rings. The lowest BCUT2D eigenvalue weighted by Gasteiger charge is -2.24. The van der Waals surface area contributed by atoms with E-state index in [2.05, 4.69) is 16.0 Å². The number of amides is 5. The number of carbonyl (C=O) groups excluding carboxylic acids is 5. The number of nitrogens with one attached hydrogen (secondary N) is 3. The van der Waals surface area contributed by atoms with E-state index >= 15 is 0 Å². The van der Waals surface area contributed by atoms with Gasteiger partial charge in [-0.2, -0.15) is 0 Å². The van der Waals surface area contributed by atoms with Gasteiger partial charge in [0.1, 0.15) is 18.1 Å². The molecule has 0 aliphatic heterocycles. The van der Waals surface area contributed by atoms with Crippen LogP contribution in [0.3, 0.4) is 0 Å². The van der Waals surface area contributed by atoms with Crippen molar-refractivity contribution in [1.82, 2.24) is 16.0 Å². The van der Waals surface area contributed by atoms with Crippen LogP contribution >= 0.6 is 0 Å². The van der Waals surface area contributed by atoms with E-state index in [4.69, 9.17) is 17.2 Å². The number of aliphatic carboxylic acids is 1. The van der Waals surface area contributed by atoms with E-state index in [1.54, 1.807) is 30.3 Å². The molecule has 1 aromatic rings. The smallest absolute Gasteiger partial charge is 0.326 e. The van der Waals surface area contributed by atoms with E-state index in [-0.39, 0.29) is 6.42 Å². The van der Waals surface area contributed by atoms with Crippen LogP contribution in [0.5, 0.6) is 0 Å². The first-order valence-electron chi connectivity index (χ1n) is 9.47. The molecule has 0 aromatic heterocycles. The molecule has 0 saturated heterocycles. The summed E-state index contributed by atoms with van der Waals surface area (Å²) < 4.78 is 0. The minimum atomic E-state index is -1.62. The minimum absolute atomic E-state index is 0.0601. The average molecular weight is 450 g/mol. The molecular formula is C19H26N6O7. The van der Waals surface area contributed by atoms with Gasteiger partial charge in [0.2, 0.25) is 29.5 Å². The molecule has 13 heteroatoms. The number of carbonyl (C=O) groups is 6. The Bertz CT molecular complexity index is 861. The van der Waals surface area contributed by atoms with Crippen molar-refractivity contribution in [3.63, 3.8) is 0 Å². The third-order valence-electron chi connectivity index (χ3n) is 4.18. The van der Waals surface area contributed by atoms with E-state index in [0.717, 1.165) is 0 Å². The first-order chi connectivity index (χ1) is 15.0. The first-order valence-corrected chi connectivity index (χ1v) is 9.47. The Morgan fingerprint density at radius 2 is 1.28 bits per heavy atom. The lowest BCUT2D eigenvalue weighted by Crippen LogP contribution is -2.57. The van der Waals surface area contributed by atoms with Crippen molar-refractivity contribution in [2.75, 3.05) is 6.54 Å². The van der Waals surface area contributed by atoms with Crippen LogP contribution in [0.1, 0.15) is 18.4 Å². The molecule has 32 heavy (non-hydrogen) atoms. The van der Waals surface area contributed by atoms with Gasteiger partial charge in [-0.05, 0) is 5.56 Å². The van der Waals surface area contributed by atoms with Crippen LogP contribution in [0.15, 0.2) is 30.3 Å². The zero-order valence-electron chi connectivity index (χ0n) is 17.1. The second-order valence-corrected chi connectivity index (χ2v) is 6.82. The van der Waals surface area contributed by atoms with Crippen LogP contribution in [0.25, 0.3) is 0 Å². The molecule has 0 spiro atoms. The molecule has 3 atom stereocenters. The maximum Gasteiger partial charge on any atom is 0.326 e. The van der Waals surface area contributed by atoms with Gasteiger partial charge in [0.25, 0.3) is 0 Å². The minimum Gasteiger partial charge on any atom is -0.480 e. The number of nitrogens with two attached hydrogens (primary N) is 3. The monoisotopic (exact) mass is 450 g/mol. The first kappa shape index (κ1) is 26.0. The molecule has 0 fully saturated rings. The van der Waals surface area contributed by atoms with Crippen molar-refractivity contribution in [2.24, 2.45) is 17.2 Å². The van der Waals surface area contributed by atoms with E-state index in [1.807, 2.05) is 0 Å². The Morgan fingerprint density at radius 1 is 0.781 bits per heavy atom. The molecule has 0 heterocycles. The fourth-order valence-electron chi connectivity index (χ4n) is 2.67.